The quantitative estimate of drug-likeness (QED) is 0.485. The number of rotatable bonds is 5. The van der Waals surface area contributed by atoms with Gasteiger partial charge in [-0.25, -0.2) is 4.98 Å². The van der Waals surface area contributed by atoms with Gasteiger partial charge in [0.25, 0.3) is 0 Å². The highest BCUT2D eigenvalue weighted by atomic mass is 32.2. The third-order valence-corrected chi connectivity index (χ3v) is 6.71. The van der Waals surface area contributed by atoms with Crippen molar-refractivity contribution in [3.63, 3.8) is 0 Å². The molecule has 0 saturated carbocycles. The van der Waals surface area contributed by atoms with Crippen molar-refractivity contribution in [3.05, 3.63) is 29.5 Å². The molecule has 2 aromatic rings. The maximum absolute atomic E-state index is 8.06. The van der Waals surface area contributed by atoms with Crippen LogP contribution in [0.2, 0.25) is 0 Å². The van der Waals surface area contributed by atoms with Crippen LogP contribution in [0.5, 0.6) is 0 Å². The molecule has 4 heterocycles. The number of H-pyrrole nitrogens is 1. The van der Waals surface area contributed by atoms with Crippen LogP contribution in [0.1, 0.15) is 30.9 Å². The Hall–Kier alpha value is -2.54. The number of aromatic amines is 1. The van der Waals surface area contributed by atoms with Crippen LogP contribution in [0.15, 0.2) is 18.3 Å². The molecule has 2 aliphatic heterocycles. The summed E-state index contributed by atoms with van der Waals surface area (Å²) in [7, 11) is 1.74. The van der Waals surface area contributed by atoms with Crippen LogP contribution in [-0.4, -0.2) is 71.4 Å². The summed E-state index contributed by atoms with van der Waals surface area (Å²) in [5, 5.41) is 18.2. The van der Waals surface area contributed by atoms with Crippen molar-refractivity contribution < 1.29 is 9.47 Å². The zero-order valence-electron chi connectivity index (χ0n) is 17.9. The number of hydrogen-bond acceptors (Lipinski definition) is 8. The minimum absolute atomic E-state index is 0.202. The lowest BCUT2D eigenvalue weighted by Crippen LogP contribution is -2.44. The molecule has 0 aromatic carbocycles. The van der Waals surface area contributed by atoms with Crippen molar-refractivity contribution in [2.24, 2.45) is 0 Å². The molecule has 0 spiro atoms. The Morgan fingerprint density at radius 2 is 2.29 bits per heavy atom. The van der Waals surface area contributed by atoms with Gasteiger partial charge in [-0.05, 0) is 37.3 Å². The van der Waals surface area contributed by atoms with E-state index < -0.39 is 5.60 Å². The number of hydrogen-bond donors (Lipinski definition) is 3. The van der Waals surface area contributed by atoms with Gasteiger partial charge in [0.05, 0.1) is 31.0 Å². The van der Waals surface area contributed by atoms with Crippen LogP contribution in [-0.2, 0) is 9.47 Å². The van der Waals surface area contributed by atoms with Crippen molar-refractivity contribution in [2.45, 2.75) is 31.4 Å². The van der Waals surface area contributed by atoms with E-state index in [4.69, 9.17) is 19.9 Å². The van der Waals surface area contributed by atoms with E-state index >= 15 is 0 Å². The smallest absolute Gasteiger partial charge is 0.144 e. The summed E-state index contributed by atoms with van der Waals surface area (Å²) in [4.78, 5) is 7.07. The molecule has 0 unspecified atom stereocenters. The lowest BCUT2D eigenvalue weighted by molar-refractivity contribution is 0.0343. The van der Waals surface area contributed by atoms with Crippen LogP contribution in [0.25, 0.3) is 0 Å². The number of nitrogens with one attached hydrogen (secondary N) is 3. The summed E-state index contributed by atoms with van der Waals surface area (Å²) in [6, 6.07) is 4.01. The average molecular weight is 441 g/mol. The average Bonchev–Trinajstić information content (AvgIpc) is 3.31. The minimum atomic E-state index is -0.433. The molecule has 2 aliphatic rings. The Kier molecular flexibility index (Phi) is 6.80. The molecule has 164 valence electrons. The zero-order chi connectivity index (χ0) is 21.7. The van der Waals surface area contributed by atoms with Gasteiger partial charge in [0.15, 0.2) is 0 Å². The van der Waals surface area contributed by atoms with E-state index in [1.54, 1.807) is 13.3 Å². The fourth-order valence-corrected chi connectivity index (χ4v) is 4.97. The maximum Gasteiger partial charge on any atom is 0.144 e. The van der Waals surface area contributed by atoms with E-state index in [1.165, 1.54) is 6.21 Å². The maximum atomic E-state index is 8.06. The Balaban J connectivity index is 1.77. The predicted octanol–water partition coefficient (Wildman–Crippen LogP) is 3.03. The van der Waals surface area contributed by atoms with Gasteiger partial charge in [0.2, 0.25) is 0 Å². The Morgan fingerprint density at radius 1 is 1.45 bits per heavy atom. The lowest BCUT2D eigenvalue weighted by Gasteiger charge is -2.34. The van der Waals surface area contributed by atoms with Crippen LogP contribution in [0.4, 0.5) is 17.5 Å². The van der Waals surface area contributed by atoms with Crippen molar-refractivity contribution in [1.82, 2.24) is 15.2 Å². The topological polar surface area (TPSA) is 99.2 Å². The first-order chi connectivity index (χ1) is 15.1. The standard InChI is InChI=1S/C22H28N6O2S/c1-16-15-30-10-9-28(16)20-13-17(3-5-22(29-2)6-11-31-12-7-22)18(14-23)21(26-20)25-19-4-8-24-27-19/h4,8,13-14,16,23H,6-7,9-12,15H2,1-2H3,(H2,24,25,26,27)/t16-/m1/s1. The van der Waals surface area contributed by atoms with Crippen LogP contribution >= 0.6 is 11.8 Å². The number of methoxy groups -OCH3 is 1. The van der Waals surface area contributed by atoms with Crippen molar-refractivity contribution in [3.8, 4) is 11.8 Å². The molecule has 8 nitrogen and oxygen atoms in total. The molecule has 9 heteroatoms. The molecule has 0 bridgehead atoms. The van der Waals surface area contributed by atoms with Gasteiger partial charge < -0.3 is 25.1 Å². The highest BCUT2D eigenvalue weighted by Gasteiger charge is 2.30. The second-order valence-electron chi connectivity index (χ2n) is 7.71. The molecule has 1 atom stereocenters. The first-order valence-corrected chi connectivity index (χ1v) is 11.6. The highest BCUT2D eigenvalue weighted by molar-refractivity contribution is 7.99. The minimum Gasteiger partial charge on any atom is -0.377 e. The molecule has 0 radical (unpaired) electrons. The fraction of sp³-hybridized carbons (Fsp3) is 0.500. The molecule has 0 aliphatic carbocycles. The Morgan fingerprint density at radius 3 is 2.97 bits per heavy atom. The number of thioether (sulfide) groups is 1. The number of ether oxygens (including phenoxy) is 2. The first kappa shape index (κ1) is 21.7. The molecule has 2 fully saturated rings. The van der Waals surface area contributed by atoms with E-state index in [2.05, 4.69) is 39.2 Å². The number of anilines is 3. The molecule has 4 rings (SSSR count). The lowest BCUT2D eigenvalue weighted by atomic mass is 9.96. The van der Waals surface area contributed by atoms with Gasteiger partial charge in [0, 0.05) is 31.5 Å². The van der Waals surface area contributed by atoms with E-state index in [1.807, 2.05) is 23.9 Å². The molecule has 2 aromatic heterocycles. The van der Waals surface area contributed by atoms with Crippen molar-refractivity contribution in [2.75, 3.05) is 48.6 Å². The van der Waals surface area contributed by atoms with E-state index in [0.29, 0.717) is 30.4 Å². The van der Waals surface area contributed by atoms with Gasteiger partial charge in [-0.2, -0.15) is 16.9 Å². The summed E-state index contributed by atoms with van der Waals surface area (Å²) in [5.41, 5.74) is 0.968. The van der Waals surface area contributed by atoms with Gasteiger partial charge >= 0.3 is 0 Å². The van der Waals surface area contributed by atoms with Crippen molar-refractivity contribution >= 4 is 35.4 Å². The van der Waals surface area contributed by atoms with Gasteiger partial charge in [-0.3, -0.25) is 5.10 Å². The van der Waals surface area contributed by atoms with Gasteiger partial charge in [-0.15, -0.1) is 0 Å². The Labute approximate surface area is 187 Å². The van der Waals surface area contributed by atoms with Gasteiger partial charge in [-0.1, -0.05) is 11.8 Å². The third kappa shape index (κ3) is 4.87. The van der Waals surface area contributed by atoms with Gasteiger partial charge in [0.1, 0.15) is 23.1 Å². The second-order valence-corrected chi connectivity index (χ2v) is 8.93. The predicted molar refractivity (Wildman–Crippen MR) is 125 cm³/mol. The normalized spacial score (nSPS) is 20.6. The third-order valence-electron chi connectivity index (χ3n) is 5.72. The molecule has 0 amide bonds. The van der Waals surface area contributed by atoms with E-state index in [0.717, 1.165) is 42.3 Å². The number of pyridine rings is 1. The van der Waals surface area contributed by atoms with Crippen LogP contribution in [0.3, 0.4) is 0 Å². The van der Waals surface area contributed by atoms with Crippen molar-refractivity contribution in [1.29, 1.82) is 5.41 Å². The second kappa shape index (κ2) is 9.73. The number of morpholine rings is 1. The highest BCUT2D eigenvalue weighted by Crippen LogP contribution is 2.31. The molecule has 3 N–H and O–H groups in total. The zero-order valence-corrected chi connectivity index (χ0v) is 18.7. The summed E-state index contributed by atoms with van der Waals surface area (Å²) in [5.74, 6) is 10.9. The van der Waals surface area contributed by atoms with E-state index in [9.17, 15) is 0 Å². The molecule has 31 heavy (non-hydrogen) atoms. The summed E-state index contributed by atoms with van der Waals surface area (Å²) < 4.78 is 11.4. The van der Waals surface area contributed by atoms with E-state index in [-0.39, 0.29) is 6.04 Å². The summed E-state index contributed by atoms with van der Waals surface area (Å²) in [6.45, 7) is 4.20. The largest absolute Gasteiger partial charge is 0.377 e. The number of aromatic nitrogens is 3. The molecular weight excluding hydrogens is 412 g/mol. The fourth-order valence-electron chi connectivity index (χ4n) is 3.82. The molecule has 2 saturated heterocycles. The summed E-state index contributed by atoms with van der Waals surface area (Å²) in [6.07, 6.45) is 4.78. The molecular formula is C22H28N6O2S. The van der Waals surface area contributed by atoms with Crippen LogP contribution in [0, 0.1) is 17.3 Å². The number of nitrogens with zero attached hydrogens (tertiary/aromatic N) is 3. The van der Waals surface area contributed by atoms with Crippen LogP contribution < -0.4 is 10.2 Å². The monoisotopic (exact) mass is 440 g/mol. The Bertz CT molecular complexity index is 962. The SMILES string of the molecule is COC1(C#Cc2cc(N3CCOC[C@H]3C)nc(Nc3ccn[nH]3)c2C=N)CCSCC1. The first-order valence-electron chi connectivity index (χ1n) is 10.5. The summed E-state index contributed by atoms with van der Waals surface area (Å²) >= 11 is 1.94.